The van der Waals surface area contributed by atoms with Crippen molar-refractivity contribution in [3.63, 3.8) is 0 Å². The zero-order chi connectivity index (χ0) is 15.6. The molecular weight excluding hydrogens is 333 g/mol. The van der Waals surface area contributed by atoms with Crippen LogP contribution in [-0.4, -0.2) is 29.7 Å². The molecular formula is C14H9Cl2NO3S. The van der Waals surface area contributed by atoms with E-state index in [4.69, 9.17) is 34.4 Å². The van der Waals surface area contributed by atoms with Crippen molar-refractivity contribution in [1.29, 1.82) is 0 Å². The van der Waals surface area contributed by atoms with Crippen LogP contribution in [0.4, 0.5) is 4.79 Å². The first-order valence-corrected chi connectivity index (χ1v) is 7.27. The zero-order valence-corrected chi connectivity index (χ0v) is 13.2. The van der Waals surface area contributed by atoms with Crippen LogP contribution < -0.4 is 4.74 Å². The van der Waals surface area contributed by atoms with E-state index in [9.17, 15) is 9.59 Å². The average Bonchev–Trinajstić information content (AvgIpc) is 2.66. The minimum absolute atomic E-state index is 0.0495. The van der Waals surface area contributed by atoms with Gasteiger partial charge in [-0.1, -0.05) is 29.1 Å². The Labute approximate surface area is 136 Å². The zero-order valence-electron chi connectivity index (χ0n) is 10.9. The molecule has 21 heavy (non-hydrogen) atoms. The normalized spacial score (nSPS) is 16.5. The van der Waals surface area contributed by atoms with E-state index in [1.165, 1.54) is 7.11 Å². The highest BCUT2D eigenvalue weighted by molar-refractivity contribution is 8.18. The van der Waals surface area contributed by atoms with Gasteiger partial charge in [0.25, 0.3) is 11.1 Å². The van der Waals surface area contributed by atoms with E-state index in [0.29, 0.717) is 21.4 Å². The quantitative estimate of drug-likeness (QED) is 0.621. The molecule has 108 valence electrons. The molecule has 0 aromatic heterocycles. The van der Waals surface area contributed by atoms with E-state index in [-0.39, 0.29) is 11.4 Å². The molecule has 0 atom stereocenters. The summed E-state index contributed by atoms with van der Waals surface area (Å²) in [6.07, 6.45) is 6.67. The smallest absolute Gasteiger partial charge is 0.294 e. The fourth-order valence-corrected chi connectivity index (χ4v) is 3.23. The maximum atomic E-state index is 12.0. The molecule has 0 N–H and O–H groups in total. The van der Waals surface area contributed by atoms with E-state index in [0.717, 1.165) is 16.7 Å². The van der Waals surface area contributed by atoms with Crippen LogP contribution in [0, 0.1) is 12.3 Å². The third-order valence-electron chi connectivity index (χ3n) is 2.65. The Hall–Kier alpha value is -1.61. The summed E-state index contributed by atoms with van der Waals surface area (Å²) in [5, 5.41) is 0.244. The fraction of sp³-hybridized carbons (Fsp3) is 0.143. The van der Waals surface area contributed by atoms with E-state index in [1.54, 1.807) is 18.2 Å². The number of benzene rings is 1. The number of halogens is 2. The highest BCUT2D eigenvalue weighted by Gasteiger charge is 2.34. The first-order chi connectivity index (χ1) is 9.97. The summed E-state index contributed by atoms with van der Waals surface area (Å²) < 4.78 is 5.05. The van der Waals surface area contributed by atoms with E-state index >= 15 is 0 Å². The van der Waals surface area contributed by atoms with Crippen LogP contribution in [0.1, 0.15) is 5.56 Å². The Balaban J connectivity index is 2.35. The molecule has 1 saturated heterocycles. The summed E-state index contributed by atoms with van der Waals surface area (Å²) in [5.41, 5.74) is 0.594. The molecule has 1 aromatic rings. The minimum atomic E-state index is -0.425. The first-order valence-electron chi connectivity index (χ1n) is 5.69. The van der Waals surface area contributed by atoms with Gasteiger partial charge in [-0.05, 0) is 35.5 Å². The standard InChI is InChI=1S/C14H9Cl2NO3S/c1-3-4-17-13(18)11(21-14(17)19)7-8-5-9(15)12(20-2)10(16)6-8/h1,5-7H,4H2,2H3/b11-7+. The van der Waals surface area contributed by atoms with Gasteiger partial charge in [-0.15, -0.1) is 6.42 Å². The topological polar surface area (TPSA) is 46.6 Å². The van der Waals surface area contributed by atoms with Gasteiger partial charge in [0.1, 0.15) is 0 Å². The molecule has 0 radical (unpaired) electrons. The lowest BCUT2D eigenvalue weighted by atomic mass is 10.2. The number of hydrogen-bond donors (Lipinski definition) is 0. The number of ether oxygens (including phenoxy) is 1. The van der Waals surface area contributed by atoms with Crippen molar-refractivity contribution in [1.82, 2.24) is 4.90 Å². The Bertz CT molecular complexity index is 671. The van der Waals surface area contributed by atoms with Gasteiger partial charge in [-0.3, -0.25) is 14.5 Å². The summed E-state index contributed by atoms with van der Waals surface area (Å²) in [5.74, 6) is 2.21. The van der Waals surface area contributed by atoms with Crippen LogP contribution in [0.15, 0.2) is 17.0 Å². The number of carbonyl (C=O) groups is 2. The van der Waals surface area contributed by atoms with Crippen LogP contribution in [0.2, 0.25) is 10.0 Å². The number of rotatable bonds is 3. The molecule has 1 aliphatic rings. The number of amides is 2. The average molecular weight is 342 g/mol. The van der Waals surface area contributed by atoms with Crippen LogP contribution in [0.5, 0.6) is 5.75 Å². The summed E-state index contributed by atoms with van der Waals surface area (Å²) >= 11 is 12.9. The van der Waals surface area contributed by atoms with Gasteiger partial charge in [-0.2, -0.15) is 0 Å². The molecule has 0 bridgehead atoms. The lowest BCUT2D eigenvalue weighted by Crippen LogP contribution is -2.28. The second kappa shape index (κ2) is 6.44. The van der Waals surface area contributed by atoms with Crippen molar-refractivity contribution in [2.45, 2.75) is 0 Å². The number of nitrogens with zero attached hydrogens (tertiary/aromatic N) is 1. The Morgan fingerprint density at radius 3 is 2.52 bits per heavy atom. The third kappa shape index (κ3) is 3.18. The van der Waals surface area contributed by atoms with Crippen molar-refractivity contribution >= 4 is 52.2 Å². The van der Waals surface area contributed by atoms with Gasteiger partial charge >= 0.3 is 0 Å². The molecule has 7 heteroatoms. The first kappa shape index (κ1) is 15.8. The maximum Gasteiger partial charge on any atom is 0.294 e. The van der Waals surface area contributed by atoms with E-state index < -0.39 is 11.1 Å². The molecule has 0 spiro atoms. The molecule has 1 heterocycles. The van der Waals surface area contributed by atoms with Crippen molar-refractivity contribution in [3.8, 4) is 18.1 Å². The van der Waals surface area contributed by atoms with Crippen LogP contribution in [-0.2, 0) is 4.79 Å². The highest BCUT2D eigenvalue weighted by atomic mass is 35.5. The van der Waals surface area contributed by atoms with Crippen molar-refractivity contribution < 1.29 is 14.3 Å². The van der Waals surface area contributed by atoms with Gasteiger partial charge in [0, 0.05) is 0 Å². The molecule has 1 aliphatic heterocycles. The lowest BCUT2D eigenvalue weighted by Gasteiger charge is -2.07. The Kier molecular flexibility index (Phi) is 4.84. The van der Waals surface area contributed by atoms with E-state index in [1.807, 2.05) is 0 Å². The SMILES string of the molecule is C#CCN1C(=O)S/C(=C/c2cc(Cl)c(OC)c(Cl)c2)C1=O. The summed E-state index contributed by atoms with van der Waals surface area (Å²) in [6.45, 7) is -0.0495. The van der Waals surface area contributed by atoms with Gasteiger partial charge in [0.15, 0.2) is 5.75 Å². The van der Waals surface area contributed by atoms with Crippen molar-refractivity contribution in [2.75, 3.05) is 13.7 Å². The monoisotopic (exact) mass is 341 g/mol. The summed E-state index contributed by atoms with van der Waals surface area (Å²) in [6, 6.07) is 3.20. The predicted molar refractivity (Wildman–Crippen MR) is 84.5 cm³/mol. The third-order valence-corrected chi connectivity index (χ3v) is 4.11. The fourth-order valence-electron chi connectivity index (χ4n) is 1.74. The highest BCUT2D eigenvalue weighted by Crippen LogP contribution is 2.37. The number of thioether (sulfide) groups is 1. The molecule has 1 aromatic carbocycles. The molecule has 2 rings (SSSR count). The van der Waals surface area contributed by atoms with Gasteiger partial charge in [0.05, 0.1) is 28.6 Å². The van der Waals surface area contributed by atoms with Crippen LogP contribution in [0.3, 0.4) is 0 Å². The molecule has 1 fully saturated rings. The van der Waals surface area contributed by atoms with Crippen LogP contribution >= 0.6 is 35.0 Å². The second-order valence-corrected chi connectivity index (χ2v) is 5.80. The Morgan fingerprint density at radius 1 is 1.38 bits per heavy atom. The molecule has 0 aliphatic carbocycles. The van der Waals surface area contributed by atoms with E-state index in [2.05, 4.69) is 5.92 Å². The maximum absolute atomic E-state index is 12.0. The number of carbonyl (C=O) groups excluding carboxylic acids is 2. The summed E-state index contributed by atoms with van der Waals surface area (Å²) in [7, 11) is 1.46. The van der Waals surface area contributed by atoms with Gasteiger partial charge in [-0.25, -0.2) is 0 Å². The van der Waals surface area contributed by atoms with Gasteiger partial charge in [0.2, 0.25) is 0 Å². The second-order valence-electron chi connectivity index (χ2n) is 3.99. The predicted octanol–water partition coefficient (Wildman–Crippen LogP) is 3.67. The van der Waals surface area contributed by atoms with Crippen LogP contribution in [0.25, 0.3) is 6.08 Å². The van der Waals surface area contributed by atoms with Crippen molar-refractivity contribution in [2.24, 2.45) is 0 Å². The van der Waals surface area contributed by atoms with Crippen molar-refractivity contribution in [3.05, 3.63) is 32.6 Å². The summed E-state index contributed by atoms with van der Waals surface area (Å²) in [4.78, 5) is 25.0. The molecule has 2 amide bonds. The number of methoxy groups -OCH3 is 1. The molecule has 0 saturated carbocycles. The molecule has 0 unspecified atom stereocenters. The number of hydrogen-bond acceptors (Lipinski definition) is 4. The number of imide groups is 1. The minimum Gasteiger partial charge on any atom is -0.494 e. The number of terminal acetylenes is 1. The molecule has 4 nitrogen and oxygen atoms in total. The Morgan fingerprint density at radius 2 is 2.00 bits per heavy atom. The lowest BCUT2D eigenvalue weighted by molar-refractivity contribution is -0.122. The largest absolute Gasteiger partial charge is 0.494 e. The van der Waals surface area contributed by atoms with Gasteiger partial charge < -0.3 is 4.74 Å².